The van der Waals surface area contributed by atoms with Gasteiger partial charge in [0.25, 0.3) is 0 Å². The third-order valence-electron chi connectivity index (χ3n) is 4.81. The van der Waals surface area contributed by atoms with Crippen molar-refractivity contribution < 1.29 is 9.53 Å². The monoisotopic (exact) mass is 374 g/mol. The number of hydrogen-bond donors (Lipinski definition) is 1. The predicted molar refractivity (Wildman–Crippen MR) is 104 cm³/mol. The maximum absolute atomic E-state index is 12.5. The number of esters is 1. The van der Waals surface area contributed by atoms with Crippen molar-refractivity contribution in [2.75, 3.05) is 12.3 Å². The summed E-state index contributed by atoms with van der Waals surface area (Å²) in [5, 5.41) is 19.4. The van der Waals surface area contributed by atoms with Crippen molar-refractivity contribution in [1.29, 1.82) is 5.26 Å². The van der Waals surface area contributed by atoms with Crippen LogP contribution in [0, 0.1) is 25.2 Å². The smallest absolute Gasteiger partial charge is 0.340 e. The van der Waals surface area contributed by atoms with Gasteiger partial charge in [0.15, 0.2) is 0 Å². The van der Waals surface area contributed by atoms with E-state index in [4.69, 9.17) is 10.5 Å². The predicted octanol–water partition coefficient (Wildman–Crippen LogP) is 2.92. The summed E-state index contributed by atoms with van der Waals surface area (Å²) in [5.74, 6) is -0.415. The molecule has 1 aromatic carbocycles. The number of aryl methyl sites for hydroxylation is 2. The van der Waals surface area contributed by atoms with Crippen LogP contribution in [0.1, 0.15) is 34.1 Å². The summed E-state index contributed by atoms with van der Waals surface area (Å²) in [5.41, 5.74) is 10.6. The van der Waals surface area contributed by atoms with Gasteiger partial charge in [-0.2, -0.15) is 15.5 Å². The number of benzene rings is 1. The zero-order valence-corrected chi connectivity index (χ0v) is 15.7. The Bertz CT molecular complexity index is 1290. The number of carbonyl (C=O) groups excluding carboxylic acids is 1. The molecule has 0 aliphatic carbocycles. The van der Waals surface area contributed by atoms with Crippen molar-refractivity contribution in [3.8, 4) is 11.8 Å². The molecule has 0 atom stereocenters. The molecule has 0 amide bonds. The number of carbonyl (C=O) groups is 1. The summed E-state index contributed by atoms with van der Waals surface area (Å²) in [6.07, 6.45) is 3.19. The van der Waals surface area contributed by atoms with Gasteiger partial charge in [-0.3, -0.25) is 0 Å². The SMILES string of the molecule is CCOC(=O)c1c(C)c2c(-n3ncc4ccc(N)cc43)c(C#N)cnn2c1C. The highest BCUT2D eigenvalue weighted by Crippen LogP contribution is 2.31. The first-order valence-electron chi connectivity index (χ1n) is 8.79. The molecule has 3 heterocycles. The molecule has 4 rings (SSSR count). The van der Waals surface area contributed by atoms with E-state index in [0.717, 1.165) is 10.9 Å². The molecular formula is C20H18N6O2. The van der Waals surface area contributed by atoms with Crippen molar-refractivity contribution in [2.45, 2.75) is 20.8 Å². The molecule has 2 N–H and O–H groups in total. The summed E-state index contributed by atoms with van der Waals surface area (Å²) < 4.78 is 8.53. The standard InChI is InChI=1S/C20H18N6O2/c1-4-28-20(27)17-11(2)18-19(14(8-21)10-23-25(18)12(17)3)26-16-7-15(22)6-5-13(16)9-24-26/h5-7,9-10H,4,22H2,1-3H3. The zero-order chi connectivity index (χ0) is 20.0. The summed E-state index contributed by atoms with van der Waals surface area (Å²) in [7, 11) is 0. The molecule has 4 aromatic rings. The van der Waals surface area contributed by atoms with Crippen LogP contribution in [0.2, 0.25) is 0 Å². The van der Waals surface area contributed by atoms with Crippen LogP contribution in [0.15, 0.2) is 30.6 Å². The molecule has 0 aliphatic heterocycles. The van der Waals surface area contributed by atoms with Crippen LogP contribution in [0.5, 0.6) is 0 Å². The van der Waals surface area contributed by atoms with E-state index in [1.165, 1.54) is 6.20 Å². The van der Waals surface area contributed by atoms with E-state index in [0.29, 0.717) is 39.3 Å². The number of nitrogens with zero attached hydrogens (tertiary/aromatic N) is 5. The number of nitrogens with two attached hydrogens (primary N) is 1. The maximum Gasteiger partial charge on any atom is 0.340 e. The van der Waals surface area contributed by atoms with E-state index in [-0.39, 0.29) is 6.61 Å². The maximum atomic E-state index is 12.5. The quantitative estimate of drug-likeness (QED) is 0.436. The Balaban J connectivity index is 2.13. The number of aromatic nitrogens is 4. The molecule has 8 nitrogen and oxygen atoms in total. The van der Waals surface area contributed by atoms with Gasteiger partial charge in [0.05, 0.1) is 41.3 Å². The third kappa shape index (κ3) is 2.41. The number of ether oxygens (including phenoxy) is 1. The van der Waals surface area contributed by atoms with Gasteiger partial charge in [0, 0.05) is 11.1 Å². The fraction of sp³-hybridized carbons (Fsp3) is 0.200. The molecular weight excluding hydrogens is 356 g/mol. The van der Waals surface area contributed by atoms with E-state index < -0.39 is 5.97 Å². The van der Waals surface area contributed by atoms with Gasteiger partial charge in [-0.05, 0) is 44.5 Å². The summed E-state index contributed by atoms with van der Waals surface area (Å²) in [6, 6.07) is 7.66. The number of hydrogen-bond acceptors (Lipinski definition) is 6. The van der Waals surface area contributed by atoms with E-state index in [9.17, 15) is 10.1 Å². The zero-order valence-electron chi connectivity index (χ0n) is 15.7. The molecule has 0 spiro atoms. The normalized spacial score (nSPS) is 11.1. The lowest BCUT2D eigenvalue weighted by Gasteiger charge is -2.10. The molecule has 28 heavy (non-hydrogen) atoms. The molecule has 0 saturated heterocycles. The average molecular weight is 374 g/mol. The highest BCUT2D eigenvalue weighted by Gasteiger charge is 2.25. The van der Waals surface area contributed by atoms with Gasteiger partial charge in [-0.25, -0.2) is 14.0 Å². The van der Waals surface area contributed by atoms with Gasteiger partial charge in [-0.1, -0.05) is 0 Å². The second kappa shape index (κ2) is 6.39. The van der Waals surface area contributed by atoms with Crippen molar-refractivity contribution in [3.63, 3.8) is 0 Å². The largest absolute Gasteiger partial charge is 0.462 e. The topological polar surface area (TPSA) is 111 Å². The van der Waals surface area contributed by atoms with Crippen molar-refractivity contribution in [1.82, 2.24) is 19.4 Å². The Labute approximate surface area is 160 Å². The first-order valence-corrected chi connectivity index (χ1v) is 8.79. The molecule has 140 valence electrons. The molecule has 0 aliphatic rings. The summed E-state index contributed by atoms with van der Waals surface area (Å²) >= 11 is 0. The Hall–Kier alpha value is -3.86. The number of anilines is 1. The van der Waals surface area contributed by atoms with Gasteiger partial charge >= 0.3 is 5.97 Å². The van der Waals surface area contributed by atoms with Gasteiger partial charge < -0.3 is 10.5 Å². The van der Waals surface area contributed by atoms with Crippen LogP contribution in [0.4, 0.5) is 5.69 Å². The van der Waals surface area contributed by atoms with Crippen LogP contribution in [-0.4, -0.2) is 32.0 Å². The Kier molecular flexibility index (Phi) is 4.00. The number of nitriles is 1. The van der Waals surface area contributed by atoms with Gasteiger partial charge in [0.2, 0.25) is 0 Å². The second-order valence-electron chi connectivity index (χ2n) is 6.46. The lowest BCUT2D eigenvalue weighted by molar-refractivity contribution is 0.0525. The average Bonchev–Trinajstić information content (AvgIpc) is 3.20. The van der Waals surface area contributed by atoms with Crippen LogP contribution in [-0.2, 0) is 4.74 Å². The van der Waals surface area contributed by atoms with Gasteiger partial charge in [0.1, 0.15) is 17.3 Å². The van der Waals surface area contributed by atoms with E-state index in [1.807, 2.05) is 13.0 Å². The minimum atomic E-state index is -0.415. The minimum absolute atomic E-state index is 0.275. The molecule has 3 aromatic heterocycles. The van der Waals surface area contributed by atoms with E-state index >= 15 is 0 Å². The first kappa shape index (κ1) is 17.5. The Morgan fingerprint density at radius 1 is 1.29 bits per heavy atom. The molecule has 0 radical (unpaired) electrons. The fourth-order valence-electron chi connectivity index (χ4n) is 3.56. The third-order valence-corrected chi connectivity index (χ3v) is 4.81. The molecule has 0 unspecified atom stereocenters. The summed E-state index contributed by atoms with van der Waals surface area (Å²) in [4.78, 5) is 12.5. The second-order valence-corrected chi connectivity index (χ2v) is 6.46. The highest BCUT2D eigenvalue weighted by molar-refractivity contribution is 5.97. The molecule has 8 heteroatoms. The number of nitrogen functional groups attached to an aromatic ring is 1. The van der Waals surface area contributed by atoms with E-state index in [2.05, 4.69) is 16.3 Å². The van der Waals surface area contributed by atoms with Crippen LogP contribution in [0.25, 0.3) is 22.1 Å². The Morgan fingerprint density at radius 2 is 2.07 bits per heavy atom. The number of rotatable bonds is 3. The van der Waals surface area contributed by atoms with Crippen LogP contribution >= 0.6 is 0 Å². The lowest BCUT2D eigenvalue weighted by atomic mass is 10.1. The van der Waals surface area contributed by atoms with Gasteiger partial charge in [-0.15, -0.1) is 0 Å². The van der Waals surface area contributed by atoms with Crippen molar-refractivity contribution >= 4 is 28.1 Å². The summed E-state index contributed by atoms with van der Waals surface area (Å²) in [6.45, 7) is 5.65. The first-order chi connectivity index (χ1) is 13.5. The highest BCUT2D eigenvalue weighted by atomic mass is 16.5. The van der Waals surface area contributed by atoms with Crippen molar-refractivity contribution in [2.24, 2.45) is 0 Å². The molecule has 0 fully saturated rings. The Morgan fingerprint density at radius 3 is 2.79 bits per heavy atom. The lowest BCUT2D eigenvalue weighted by Crippen LogP contribution is -2.07. The van der Waals surface area contributed by atoms with Crippen LogP contribution in [0.3, 0.4) is 0 Å². The number of fused-ring (bicyclic) bond motifs is 2. The van der Waals surface area contributed by atoms with E-state index in [1.54, 1.807) is 41.4 Å². The minimum Gasteiger partial charge on any atom is -0.462 e. The van der Waals surface area contributed by atoms with Crippen LogP contribution < -0.4 is 5.73 Å². The molecule has 0 bridgehead atoms. The van der Waals surface area contributed by atoms with Crippen molar-refractivity contribution in [3.05, 3.63) is 53.0 Å². The molecule has 0 saturated carbocycles. The fourth-order valence-corrected chi connectivity index (χ4v) is 3.56.